The number of esters is 1. The zero-order valence-corrected chi connectivity index (χ0v) is 11.8. The topological polar surface area (TPSA) is 79.4 Å². The van der Waals surface area contributed by atoms with Crippen molar-refractivity contribution in [1.82, 2.24) is 9.55 Å². The van der Waals surface area contributed by atoms with Crippen molar-refractivity contribution in [2.24, 2.45) is 0 Å². The fraction of sp³-hybridized carbons (Fsp3) is 0.429. The predicted octanol–water partition coefficient (Wildman–Crippen LogP) is 1.97. The summed E-state index contributed by atoms with van der Waals surface area (Å²) < 4.78 is 12.2. The van der Waals surface area contributed by atoms with Gasteiger partial charge in [0.25, 0.3) is 0 Å². The molecule has 0 bridgehead atoms. The minimum Gasteiger partial charge on any atom is -0.491 e. The van der Waals surface area contributed by atoms with E-state index in [1.807, 2.05) is 25.1 Å². The summed E-state index contributed by atoms with van der Waals surface area (Å²) in [5, 5.41) is 0. The number of benzene rings is 1. The number of nitrogens with zero attached hydrogens (tertiary/aromatic N) is 2. The van der Waals surface area contributed by atoms with Crippen molar-refractivity contribution in [2.75, 3.05) is 18.9 Å². The van der Waals surface area contributed by atoms with Gasteiger partial charge in [0.05, 0.1) is 18.7 Å². The van der Waals surface area contributed by atoms with Crippen LogP contribution in [0.1, 0.15) is 20.3 Å². The van der Waals surface area contributed by atoms with Gasteiger partial charge in [-0.05, 0) is 25.5 Å². The minimum absolute atomic E-state index is 0.0490. The van der Waals surface area contributed by atoms with Crippen LogP contribution in [0.4, 0.5) is 5.95 Å². The molecule has 0 radical (unpaired) electrons. The molecule has 2 rings (SSSR count). The van der Waals surface area contributed by atoms with Gasteiger partial charge in [0.2, 0.25) is 5.95 Å². The van der Waals surface area contributed by atoms with E-state index in [9.17, 15) is 4.79 Å². The van der Waals surface area contributed by atoms with Gasteiger partial charge < -0.3 is 15.2 Å². The number of imidazole rings is 1. The van der Waals surface area contributed by atoms with E-state index in [1.165, 1.54) is 0 Å². The van der Waals surface area contributed by atoms with Gasteiger partial charge in [-0.3, -0.25) is 9.36 Å². The Kier molecular flexibility index (Phi) is 4.45. The number of hydrogen-bond donors (Lipinski definition) is 1. The Labute approximate surface area is 117 Å². The second kappa shape index (κ2) is 6.27. The number of nitrogens with two attached hydrogens (primary N) is 1. The van der Waals surface area contributed by atoms with Crippen LogP contribution >= 0.6 is 0 Å². The quantitative estimate of drug-likeness (QED) is 0.817. The molecule has 108 valence electrons. The third-order valence-corrected chi connectivity index (χ3v) is 2.83. The molecule has 0 saturated carbocycles. The summed E-state index contributed by atoms with van der Waals surface area (Å²) in [6, 6.07) is 5.56. The molecule has 1 aromatic carbocycles. The summed E-state index contributed by atoms with van der Waals surface area (Å²) in [4.78, 5) is 15.9. The fourth-order valence-corrected chi connectivity index (χ4v) is 1.97. The predicted molar refractivity (Wildman–Crippen MR) is 76.6 cm³/mol. The highest BCUT2D eigenvalue weighted by atomic mass is 16.5. The zero-order valence-electron chi connectivity index (χ0n) is 11.8. The molecule has 0 aliphatic heterocycles. The van der Waals surface area contributed by atoms with Gasteiger partial charge in [0.1, 0.15) is 17.8 Å². The molecule has 20 heavy (non-hydrogen) atoms. The Morgan fingerprint density at radius 1 is 1.40 bits per heavy atom. The molecule has 6 heteroatoms. The average molecular weight is 277 g/mol. The van der Waals surface area contributed by atoms with Crippen molar-refractivity contribution >= 4 is 23.0 Å². The van der Waals surface area contributed by atoms with Crippen LogP contribution in [0.25, 0.3) is 11.0 Å². The molecule has 0 saturated heterocycles. The molecule has 2 N–H and O–H groups in total. The summed E-state index contributed by atoms with van der Waals surface area (Å²) in [5.41, 5.74) is 7.32. The maximum absolute atomic E-state index is 11.6. The lowest BCUT2D eigenvalue weighted by Gasteiger charge is -2.07. The van der Waals surface area contributed by atoms with E-state index in [-0.39, 0.29) is 18.5 Å². The van der Waals surface area contributed by atoms with Crippen LogP contribution in [-0.4, -0.2) is 28.7 Å². The number of anilines is 1. The van der Waals surface area contributed by atoms with Gasteiger partial charge in [0, 0.05) is 0 Å². The number of carbonyl (C=O) groups is 1. The van der Waals surface area contributed by atoms with Crippen molar-refractivity contribution < 1.29 is 14.3 Å². The lowest BCUT2D eigenvalue weighted by atomic mass is 10.3. The van der Waals surface area contributed by atoms with E-state index in [0.29, 0.717) is 24.5 Å². The highest BCUT2D eigenvalue weighted by Gasteiger charge is 2.15. The molecule has 0 spiro atoms. The van der Waals surface area contributed by atoms with Crippen molar-refractivity contribution in [1.29, 1.82) is 0 Å². The molecule has 0 atom stereocenters. The van der Waals surface area contributed by atoms with Crippen molar-refractivity contribution in [3.8, 4) is 5.75 Å². The summed E-state index contributed by atoms with van der Waals surface area (Å²) in [7, 11) is 0. The molecule has 1 aromatic heterocycles. The summed E-state index contributed by atoms with van der Waals surface area (Å²) >= 11 is 0. The van der Waals surface area contributed by atoms with Crippen molar-refractivity contribution in [2.45, 2.75) is 26.8 Å². The van der Waals surface area contributed by atoms with Crippen LogP contribution in [0.15, 0.2) is 18.2 Å². The van der Waals surface area contributed by atoms with E-state index in [4.69, 9.17) is 15.2 Å². The smallest absolute Gasteiger partial charge is 0.326 e. The number of fused-ring (bicyclic) bond motifs is 1. The highest BCUT2D eigenvalue weighted by molar-refractivity contribution is 5.86. The standard InChI is InChI=1S/C14H19N3O3/c1-3-8-20-11-7-5-6-10-13(11)16-14(15)17(10)9-12(18)19-4-2/h5-7H,3-4,8-9H2,1-2H3,(H2,15,16). The Bertz CT molecular complexity index is 607. The van der Waals surface area contributed by atoms with Gasteiger partial charge in [-0.1, -0.05) is 13.0 Å². The number of hydrogen-bond acceptors (Lipinski definition) is 5. The SMILES string of the molecule is CCCOc1cccc2c1nc(N)n2CC(=O)OCC. The largest absolute Gasteiger partial charge is 0.491 e. The van der Waals surface area contributed by atoms with Crippen LogP contribution in [0.2, 0.25) is 0 Å². The number of carbonyl (C=O) groups excluding carboxylic acids is 1. The second-order valence-electron chi connectivity index (χ2n) is 4.33. The Balaban J connectivity index is 2.36. The molecular formula is C14H19N3O3. The third kappa shape index (κ3) is 2.84. The minimum atomic E-state index is -0.335. The second-order valence-corrected chi connectivity index (χ2v) is 4.33. The molecule has 0 aliphatic rings. The first kappa shape index (κ1) is 14.2. The molecule has 2 aromatic rings. The Morgan fingerprint density at radius 2 is 2.20 bits per heavy atom. The molecule has 1 heterocycles. The molecular weight excluding hydrogens is 258 g/mol. The van der Waals surface area contributed by atoms with Crippen LogP contribution in [0, 0.1) is 0 Å². The number of aromatic nitrogens is 2. The van der Waals surface area contributed by atoms with E-state index < -0.39 is 0 Å². The number of ether oxygens (including phenoxy) is 2. The zero-order chi connectivity index (χ0) is 14.5. The third-order valence-electron chi connectivity index (χ3n) is 2.83. The van der Waals surface area contributed by atoms with Crippen LogP contribution < -0.4 is 10.5 Å². The molecule has 6 nitrogen and oxygen atoms in total. The first-order chi connectivity index (χ1) is 9.67. The van der Waals surface area contributed by atoms with E-state index in [2.05, 4.69) is 4.98 Å². The van der Waals surface area contributed by atoms with E-state index >= 15 is 0 Å². The van der Waals surface area contributed by atoms with E-state index in [1.54, 1.807) is 11.5 Å². The molecule has 0 unspecified atom stereocenters. The van der Waals surface area contributed by atoms with Gasteiger partial charge >= 0.3 is 5.97 Å². The lowest BCUT2D eigenvalue weighted by molar-refractivity contribution is -0.143. The van der Waals surface area contributed by atoms with Crippen molar-refractivity contribution in [3.05, 3.63) is 18.2 Å². The maximum Gasteiger partial charge on any atom is 0.326 e. The Hall–Kier alpha value is -2.24. The van der Waals surface area contributed by atoms with E-state index in [0.717, 1.165) is 11.9 Å². The maximum atomic E-state index is 11.6. The number of nitrogen functional groups attached to an aromatic ring is 1. The van der Waals surface area contributed by atoms with Crippen LogP contribution in [0.3, 0.4) is 0 Å². The number of para-hydroxylation sites is 1. The molecule has 0 aliphatic carbocycles. The van der Waals surface area contributed by atoms with Gasteiger partial charge in [-0.25, -0.2) is 4.98 Å². The average Bonchev–Trinajstić information content (AvgIpc) is 2.74. The summed E-state index contributed by atoms with van der Waals surface area (Å²) in [6.07, 6.45) is 0.912. The van der Waals surface area contributed by atoms with Crippen LogP contribution in [0.5, 0.6) is 5.75 Å². The summed E-state index contributed by atoms with van der Waals surface area (Å²) in [6.45, 7) is 4.81. The summed E-state index contributed by atoms with van der Waals surface area (Å²) in [5.74, 6) is 0.623. The number of rotatable bonds is 6. The highest BCUT2D eigenvalue weighted by Crippen LogP contribution is 2.27. The lowest BCUT2D eigenvalue weighted by Crippen LogP contribution is -2.15. The fourth-order valence-electron chi connectivity index (χ4n) is 1.97. The van der Waals surface area contributed by atoms with Crippen LogP contribution in [-0.2, 0) is 16.1 Å². The first-order valence-electron chi connectivity index (χ1n) is 6.70. The molecule has 0 amide bonds. The first-order valence-corrected chi connectivity index (χ1v) is 6.70. The van der Waals surface area contributed by atoms with Gasteiger partial charge in [0.15, 0.2) is 0 Å². The van der Waals surface area contributed by atoms with Gasteiger partial charge in [-0.15, -0.1) is 0 Å². The molecule has 0 fully saturated rings. The Morgan fingerprint density at radius 3 is 2.90 bits per heavy atom. The monoisotopic (exact) mass is 277 g/mol. The normalized spacial score (nSPS) is 10.7. The van der Waals surface area contributed by atoms with Crippen molar-refractivity contribution in [3.63, 3.8) is 0 Å². The van der Waals surface area contributed by atoms with Gasteiger partial charge in [-0.2, -0.15) is 0 Å².